The van der Waals surface area contributed by atoms with Crippen molar-refractivity contribution in [2.45, 2.75) is 80.2 Å². The van der Waals surface area contributed by atoms with Gasteiger partial charge in [0, 0.05) is 6.04 Å². The molecule has 0 radical (unpaired) electrons. The van der Waals surface area contributed by atoms with Crippen LogP contribution in [-0.2, 0) is 5.41 Å². The van der Waals surface area contributed by atoms with E-state index in [1.54, 1.807) is 5.56 Å². The van der Waals surface area contributed by atoms with Gasteiger partial charge in [0.2, 0.25) is 0 Å². The van der Waals surface area contributed by atoms with Crippen LogP contribution in [0.5, 0.6) is 0 Å². The average Bonchev–Trinajstić information content (AvgIpc) is 2.33. The Hall–Kier alpha value is -0.820. The Bertz CT molecular complexity index is 452. The summed E-state index contributed by atoms with van der Waals surface area (Å²) in [6.45, 7) is 21.7. The summed E-state index contributed by atoms with van der Waals surface area (Å²) in [5, 5.41) is 3.55. The molecule has 1 aromatic carbocycles. The molecule has 0 saturated carbocycles. The van der Waals surface area contributed by atoms with Gasteiger partial charge in [-0.25, -0.2) is 0 Å². The Morgan fingerprint density at radius 3 is 1.60 bits per heavy atom. The van der Waals surface area contributed by atoms with Gasteiger partial charge >= 0.3 is 0 Å². The third-order valence-electron chi connectivity index (χ3n) is 4.98. The Morgan fingerprint density at radius 2 is 1.20 bits per heavy atom. The molecule has 0 spiro atoms. The van der Waals surface area contributed by atoms with Gasteiger partial charge in [-0.05, 0) is 86.4 Å². The summed E-state index contributed by atoms with van der Waals surface area (Å²) in [5.74, 6) is 0. The number of hydrogen-bond donors (Lipinski definition) is 1. The van der Waals surface area contributed by atoms with Crippen molar-refractivity contribution in [3.63, 3.8) is 0 Å². The summed E-state index contributed by atoms with van der Waals surface area (Å²) in [6.07, 6.45) is 1.18. The molecule has 0 aliphatic rings. The molecule has 0 heterocycles. The molecule has 0 fully saturated rings. The van der Waals surface area contributed by atoms with Crippen molar-refractivity contribution in [2.75, 3.05) is 6.54 Å². The van der Waals surface area contributed by atoms with Crippen molar-refractivity contribution in [1.29, 1.82) is 0 Å². The first-order valence-corrected chi connectivity index (χ1v) is 7.90. The monoisotopic (exact) mass is 275 g/mol. The van der Waals surface area contributed by atoms with Crippen molar-refractivity contribution in [3.8, 4) is 0 Å². The normalized spacial score (nSPS) is 12.3. The zero-order chi connectivity index (χ0) is 15.7. The summed E-state index contributed by atoms with van der Waals surface area (Å²) in [5.41, 5.74) is 9.14. The first-order valence-electron chi connectivity index (χ1n) is 7.90. The minimum atomic E-state index is 0.222. The minimum Gasteiger partial charge on any atom is -0.315 e. The lowest BCUT2D eigenvalue weighted by Crippen LogP contribution is -2.31. The molecule has 1 aromatic rings. The molecule has 1 N–H and O–H groups in total. The second-order valence-corrected chi connectivity index (χ2v) is 7.24. The quantitative estimate of drug-likeness (QED) is 0.806. The molecule has 0 aliphatic carbocycles. The lowest BCUT2D eigenvalue weighted by atomic mass is 9.74. The van der Waals surface area contributed by atoms with E-state index < -0.39 is 0 Å². The van der Waals surface area contributed by atoms with Gasteiger partial charge in [-0.15, -0.1) is 0 Å². The zero-order valence-corrected chi connectivity index (χ0v) is 15.0. The van der Waals surface area contributed by atoms with Crippen LogP contribution < -0.4 is 5.32 Å². The summed E-state index contributed by atoms with van der Waals surface area (Å²) < 4.78 is 0. The molecular weight excluding hydrogens is 242 g/mol. The van der Waals surface area contributed by atoms with Crippen LogP contribution in [0.25, 0.3) is 0 Å². The van der Waals surface area contributed by atoms with Crippen LogP contribution in [0.3, 0.4) is 0 Å². The Balaban J connectivity index is 3.18. The predicted molar refractivity (Wildman–Crippen MR) is 90.9 cm³/mol. The summed E-state index contributed by atoms with van der Waals surface area (Å²) >= 11 is 0. The highest BCUT2D eigenvalue weighted by molar-refractivity contribution is 5.52. The molecule has 0 saturated heterocycles. The number of hydrogen-bond acceptors (Lipinski definition) is 1. The summed E-state index contributed by atoms with van der Waals surface area (Å²) in [6, 6.07) is 0.564. The van der Waals surface area contributed by atoms with Gasteiger partial charge in [-0.3, -0.25) is 0 Å². The smallest absolute Gasteiger partial charge is 0.00103 e. The molecule has 0 aromatic heterocycles. The Labute approximate surface area is 126 Å². The third-order valence-corrected chi connectivity index (χ3v) is 4.98. The van der Waals surface area contributed by atoms with E-state index in [0.717, 1.165) is 6.54 Å². The van der Waals surface area contributed by atoms with Crippen LogP contribution in [0.4, 0.5) is 0 Å². The van der Waals surface area contributed by atoms with Gasteiger partial charge in [-0.1, -0.05) is 27.7 Å². The molecule has 114 valence electrons. The zero-order valence-electron chi connectivity index (χ0n) is 15.0. The lowest BCUT2D eigenvalue weighted by Gasteiger charge is -2.32. The maximum Gasteiger partial charge on any atom is 0.00103 e. The molecule has 1 rings (SSSR count). The fourth-order valence-corrected chi connectivity index (χ4v) is 3.31. The minimum absolute atomic E-state index is 0.222. The molecule has 0 aliphatic heterocycles. The van der Waals surface area contributed by atoms with E-state index in [2.05, 4.69) is 67.6 Å². The van der Waals surface area contributed by atoms with Gasteiger partial charge in [0.25, 0.3) is 0 Å². The highest BCUT2D eigenvalue weighted by atomic mass is 14.9. The van der Waals surface area contributed by atoms with Crippen LogP contribution >= 0.6 is 0 Å². The number of nitrogens with one attached hydrogen (secondary N) is 1. The molecular formula is C19H33N. The second kappa shape index (κ2) is 6.30. The van der Waals surface area contributed by atoms with E-state index in [4.69, 9.17) is 0 Å². The van der Waals surface area contributed by atoms with E-state index in [9.17, 15) is 0 Å². The predicted octanol–water partition coefficient (Wildman–Crippen LogP) is 4.89. The number of rotatable bonds is 5. The summed E-state index contributed by atoms with van der Waals surface area (Å²) in [7, 11) is 0. The van der Waals surface area contributed by atoms with Crippen LogP contribution in [0.15, 0.2) is 0 Å². The van der Waals surface area contributed by atoms with Crippen molar-refractivity contribution in [3.05, 3.63) is 33.4 Å². The van der Waals surface area contributed by atoms with Crippen molar-refractivity contribution >= 4 is 0 Å². The maximum atomic E-state index is 3.55. The molecule has 0 atom stereocenters. The third kappa shape index (κ3) is 3.44. The van der Waals surface area contributed by atoms with Gasteiger partial charge in [0.05, 0.1) is 0 Å². The molecule has 0 bridgehead atoms. The lowest BCUT2D eigenvalue weighted by molar-refractivity contribution is 0.437. The van der Waals surface area contributed by atoms with E-state index in [-0.39, 0.29) is 5.41 Å². The first-order chi connectivity index (χ1) is 9.09. The van der Waals surface area contributed by atoms with Crippen LogP contribution in [0, 0.1) is 34.6 Å². The fraction of sp³-hybridized carbons (Fsp3) is 0.684. The first kappa shape index (κ1) is 17.2. The van der Waals surface area contributed by atoms with Crippen LogP contribution in [0.1, 0.15) is 67.5 Å². The van der Waals surface area contributed by atoms with Crippen molar-refractivity contribution in [2.24, 2.45) is 0 Å². The van der Waals surface area contributed by atoms with Gasteiger partial charge in [0.15, 0.2) is 0 Å². The van der Waals surface area contributed by atoms with Crippen molar-refractivity contribution in [1.82, 2.24) is 5.32 Å². The van der Waals surface area contributed by atoms with Crippen LogP contribution in [0.2, 0.25) is 0 Å². The highest BCUT2D eigenvalue weighted by Crippen LogP contribution is 2.36. The topological polar surface area (TPSA) is 12.0 Å². The summed E-state index contributed by atoms with van der Waals surface area (Å²) in [4.78, 5) is 0. The Morgan fingerprint density at radius 1 is 0.800 bits per heavy atom. The standard InChI is InChI=1S/C19H33N/c1-12(2)20-11-10-19(8,9)18-16(6)14(4)13(3)15(5)17(18)7/h12,20H,10-11H2,1-9H3. The SMILES string of the molecule is Cc1c(C)c(C)c(C(C)(C)CCNC(C)C)c(C)c1C. The van der Waals surface area contributed by atoms with E-state index in [1.165, 1.54) is 34.2 Å². The largest absolute Gasteiger partial charge is 0.315 e. The Kier molecular flexibility index (Phi) is 5.43. The van der Waals surface area contributed by atoms with Gasteiger partial charge in [0.1, 0.15) is 0 Å². The molecule has 0 amide bonds. The molecule has 1 heteroatoms. The molecule has 1 nitrogen and oxygen atoms in total. The van der Waals surface area contributed by atoms with E-state index in [0.29, 0.717) is 6.04 Å². The maximum absolute atomic E-state index is 3.55. The van der Waals surface area contributed by atoms with Gasteiger partial charge in [-0.2, -0.15) is 0 Å². The number of benzene rings is 1. The van der Waals surface area contributed by atoms with E-state index in [1.807, 2.05) is 0 Å². The van der Waals surface area contributed by atoms with Crippen LogP contribution in [-0.4, -0.2) is 12.6 Å². The van der Waals surface area contributed by atoms with E-state index >= 15 is 0 Å². The second-order valence-electron chi connectivity index (χ2n) is 7.24. The fourth-order valence-electron chi connectivity index (χ4n) is 3.31. The van der Waals surface area contributed by atoms with Crippen molar-refractivity contribution < 1.29 is 0 Å². The molecule has 20 heavy (non-hydrogen) atoms. The molecule has 0 unspecified atom stereocenters. The highest BCUT2D eigenvalue weighted by Gasteiger charge is 2.26. The van der Waals surface area contributed by atoms with Gasteiger partial charge < -0.3 is 5.32 Å². The average molecular weight is 275 g/mol.